The van der Waals surface area contributed by atoms with Gasteiger partial charge < -0.3 is 14.8 Å². The third-order valence-electron chi connectivity index (χ3n) is 2.28. The lowest BCUT2D eigenvalue weighted by atomic mass is 10.2. The summed E-state index contributed by atoms with van der Waals surface area (Å²) in [7, 11) is 0. The number of nitrogens with one attached hydrogen (secondary N) is 1. The van der Waals surface area contributed by atoms with Crippen molar-refractivity contribution in [2.24, 2.45) is 0 Å². The minimum Gasteiger partial charge on any atom is -0.444 e. The summed E-state index contributed by atoms with van der Waals surface area (Å²) in [5.41, 5.74) is 0.182. The van der Waals surface area contributed by atoms with E-state index in [2.05, 4.69) is 5.32 Å². The Labute approximate surface area is 123 Å². The van der Waals surface area contributed by atoms with Crippen molar-refractivity contribution in [3.05, 3.63) is 35.4 Å². The third-order valence-corrected chi connectivity index (χ3v) is 2.28. The predicted octanol–water partition coefficient (Wildman–Crippen LogP) is 3.18. The van der Waals surface area contributed by atoms with Crippen molar-refractivity contribution >= 4 is 6.09 Å². The maximum atomic E-state index is 12.2. The van der Waals surface area contributed by atoms with Gasteiger partial charge in [0.15, 0.2) is 0 Å². The highest BCUT2D eigenvalue weighted by molar-refractivity contribution is 5.67. The normalized spacial score (nSPS) is 16.6. The molecule has 0 spiro atoms. The van der Waals surface area contributed by atoms with Crippen LogP contribution in [0, 0.1) is 18.6 Å². The van der Waals surface area contributed by atoms with E-state index in [1.807, 2.05) is 20.8 Å². The summed E-state index contributed by atoms with van der Waals surface area (Å²) in [6, 6.07) is 3.42. The summed E-state index contributed by atoms with van der Waals surface area (Å²) in [6.45, 7) is 8.44. The van der Waals surface area contributed by atoms with Crippen LogP contribution in [0.15, 0.2) is 18.2 Å². The van der Waals surface area contributed by atoms with Crippen LogP contribution in [0.25, 0.3) is 0 Å². The first-order valence-electron chi connectivity index (χ1n) is 6.67. The molecule has 6 heteroatoms. The lowest BCUT2D eigenvalue weighted by Gasteiger charge is -2.19. The molecule has 1 heterocycles. The van der Waals surface area contributed by atoms with Crippen molar-refractivity contribution in [3.8, 4) is 0 Å². The Morgan fingerprint density at radius 2 is 1.86 bits per heavy atom. The van der Waals surface area contributed by atoms with E-state index in [1.54, 1.807) is 6.92 Å². The van der Waals surface area contributed by atoms with Crippen LogP contribution in [0.3, 0.4) is 0 Å². The molecule has 1 saturated heterocycles. The molecule has 0 unspecified atom stereocenters. The van der Waals surface area contributed by atoms with Gasteiger partial charge >= 0.3 is 6.09 Å². The lowest BCUT2D eigenvalue weighted by molar-refractivity contribution is 0.0524. The first-order valence-corrected chi connectivity index (χ1v) is 6.67. The fraction of sp³-hybridized carbons (Fsp3) is 0.533. The van der Waals surface area contributed by atoms with Crippen LogP contribution in [0.5, 0.6) is 0 Å². The van der Waals surface area contributed by atoms with Gasteiger partial charge in [-0.3, -0.25) is 0 Å². The summed E-state index contributed by atoms with van der Waals surface area (Å²) in [5, 5.41) is 2.61. The van der Waals surface area contributed by atoms with Gasteiger partial charge in [-0.1, -0.05) is 0 Å². The molecule has 1 fully saturated rings. The van der Waals surface area contributed by atoms with E-state index in [4.69, 9.17) is 9.47 Å². The number of amides is 1. The van der Waals surface area contributed by atoms with Gasteiger partial charge in [0.05, 0.1) is 12.7 Å². The van der Waals surface area contributed by atoms with Crippen LogP contribution in [-0.2, 0) is 9.47 Å². The maximum absolute atomic E-state index is 12.2. The van der Waals surface area contributed by atoms with Crippen molar-refractivity contribution in [3.63, 3.8) is 0 Å². The topological polar surface area (TPSA) is 50.9 Å². The number of hydrogen-bond donors (Lipinski definition) is 1. The second-order valence-electron chi connectivity index (χ2n) is 5.78. The Kier molecular flexibility index (Phi) is 6.08. The van der Waals surface area contributed by atoms with E-state index in [-0.39, 0.29) is 12.2 Å². The van der Waals surface area contributed by atoms with E-state index in [0.29, 0.717) is 12.1 Å². The molecule has 4 nitrogen and oxygen atoms in total. The summed E-state index contributed by atoms with van der Waals surface area (Å²) in [5.74, 6) is -1.04. The molecular weight excluding hydrogens is 280 g/mol. The molecule has 1 aliphatic heterocycles. The number of aryl methyl sites for hydroxylation is 1. The first-order chi connectivity index (χ1) is 9.65. The second kappa shape index (κ2) is 7.36. The van der Waals surface area contributed by atoms with Crippen molar-refractivity contribution in [1.82, 2.24) is 5.32 Å². The Morgan fingerprint density at radius 1 is 1.33 bits per heavy atom. The molecule has 1 aromatic carbocycles. The molecule has 2 rings (SSSR count). The number of halogens is 2. The average molecular weight is 301 g/mol. The smallest absolute Gasteiger partial charge is 0.407 e. The van der Waals surface area contributed by atoms with Crippen molar-refractivity contribution < 1.29 is 23.0 Å². The first kappa shape index (κ1) is 17.4. The van der Waals surface area contributed by atoms with Gasteiger partial charge in [-0.15, -0.1) is 0 Å². The van der Waals surface area contributed by atoms with Crippen molar-refractivity contribution in [2.75, 3.05) is 13.2 Å². The van der Waals surface area contributed by atoms with Crippen LogP contribution in [-0.4, -0.2) is 30.9 Å². The van der Waals surface area contributed by atoms with Crippen LogP contribution < -0.4 is 5.32 Å². The number of carbonyl (C=O) groups excluding carboxylic acids is 1. The van der Waals surface area contributed by atoms with Gasteiger partial charge in [-0.2, -0.15) is 0 Å². The summed E-state index contributed by atoms with van der Waals surface area (Å²) >= 11 is 0. The molecule has 0 radical (unpaired) electrons. The van der Waals surface area contributed by atoms with Crippen molar-refractivity contribution in [2.45, 2.75) is 39.4 Å². The second-order valence-corrected chi connectivity index (χ2v) is 5.78. The molecule has 1 amide bonds. The fourth-order valence-corrected chi connectivity index (χ4v) is 1.39. The number of benzene rings is 1. The van der Waals surface area contributed by atoms with Gasteiger partial charge in [0.25, 0.3) is 0 Å². The zero-order valence-corrected chi connectivity index (χ0v) is 12.7. The van der Waals surface area contributed by atoms with E-state index in [9.17, 15) is 13.6 Å². The molecule has 118 valence electrons. The van der Waals surface area contributed by atoms with Crippen LogP contribution in [0.1, 0.15) is 26.3 Å². The van der Waals surface area contributed by atoms with E-state index in [0.717, 1.165) is 12.7 Å². The van der Waals surface area contributed by atoms with Gasteiger partial charge in [0, 0.05) is 12.6 Å². The Balaban J connectivity index is 0.000000219. The van der Waals surface area contributed by atoms with E-state index >= 15 is 0 Å². The minimum absolute atomic E-state index is 0.206. The molecule has 0 aromatic heterocycles. The lowest BCUT2D eigenvalue weighted by Crippen LogP contribution is -2.34. The molecule has 1 aliphatic rings. The fourth-order valence-electron chi connectivity index (χ4n) is 1.39. The number of alkyl carbamates (subject to hydrolysis) is 1. The SMILES string of the molecule is CC(C)(C)OC(=O)NC[C@H]1CO1.Cc1cc(F)cc(F)c1. The minimum atomic E-state index is -0.521. The van der Waals surface area contributed by atoms with Crippen molar-refractivity contribution in [1.29, 1.82) is 0 Å². The highest BCUT2D eigenvalue weighted by Crippen LogP contribution is 2.09. The molecule has 1 atom stereocenters. The third kappa shape index (κ3) is 8.96. The Hall–Kier alpha value is -1.69. The summed E-state index contributed by atoms with van der Waals surface area (Å²) in [4.78, 5) is 11.0. The van der Waals surface area contributed by atoms with E-state index < -0.39 is 17.2 Å². The van der Waals surface area contributed by atoms with Crippen LogP contribution >= 0.6 is 0 Å². The molecule has 0 bridgehead atoms. The zero-order chi connectivity index (χ0) is 16.0. The van der Waals surface area contributed by atoms with E-state index in [1.165, 1.54) is 12.1 Å². The largest absolute Gasteiger partial charge is 0.444 e. The monoisotopic (exact) mass is 301 g/mol. The maximum Gasteiger partial charge on any atom is 0.407 e. The number of hydrogen-bond acceptors (Lipinski definition) is 3. The quantitative estimate of drug-likeness (QED) is 0.854. The molecule has 1 aromatic rings. The summed E-state index contributed by atoms with van der Waals surface area (Å²) < 4.78 is 34.3. The molecule has 0 saturated carbocycles. The molecule has 1 N–H and O–H groups in total. The highest BCUT2D eigenvalue weighted by Gasteiger charge is 2.24. The number of epoxide rings is 1. The zero-order valence-electron chi connectivity index (χ0n) is 12.7. The standard InChI is InChI=1S/C8H15NO3.C7H6F2/c1-8(2,3)12-7(10)9-4-6-5-11-6;1-5-2-6(8)4-7(9)3-5/h6H,4-5H2,1-3H3,(H,9,10);2-4H,1H3/t6-;/m0./s1. The highest BCUT2D eigenvalue weighted by atomic mass is 19.1. The molecule has 21 heavy (non-hydrogen) atoms. The Morgan fingerprint density at radius 3 is 2.24 bits per heavy atom. The van der Waals surface area contributed by atoms with Gasteiger partial charge in [0.1, 0.15) is 17.2 Å². The van der Waals surface area contributed by atoms with Crippen LogP contribution in [0.4, 0.5) is 13.6 Å². The number of ether oxygens (including phenoxy) is 2. The predicted molar refractivity (Wildman–Crippen MR) is 75.1 cm³/mol. The van der Waals surface area contributed by atoms with Crippen LogP contribution in [0.2, 0.25) is 0 Å². The van der Waals surface area contributed by atoms with Gasteiger partial charge in [-0.25, -0.2) is 13.6 Å². The molecular formula is C15H21F2NO3. The number of rotatable bonds is 2. The summed E-state index contributed by atoms with van der Waals surface area (Å²) in [6.07, 6.45) is -0.171. The molecule has 0 aliphatic carbocycles. The van der Waals surface area contributed by atoms with Gasteiger partial charge in [-0.05, 0) is 45.4 Å². The van der Waals surface area contributed by atoms with Gasteiger partial charge in [0.2, 0.25) is 0 Å². The number of carbonyl (C=O) groups is 1. The average Bonchev–Trinajstić information content (AvgIpc) is 3.06. The Bertz CT molecular complexity index is 432.